The number of nitrogens with one attached hydrogen (secondary N) is 1. The number of nitrogens with zero attached hydrogens (tertiary/aromatic N) is 2. The molecule has 0 aliphatic carbocycles. The Balaban J connectivity index is 1.98. The molecule has 1 N–H and O–H groups in total. The van der Waals surface area contributed by atoms with Gasteiger partial charge in [-0.2, -0.15) is 11.8 Å². The molecule has 3 nitrogen and oxygen atoms in total. The summed E-state index contributed by atoms with van der Waals surface area (Å²) in [6, 6.07) is 2.02. The summed E-state index contributed by atoms with van der Waals surface area (Å²) >= 11 is 4.03. The maximum atomic E-state index is 4.74. The fourth-order valence-electron chi connectivity index (χ4n) is 2.05. The molecule has 2 unspecified atom stereocenters. The number of rotatable bonds is 5. The van der Waals surface area contributed by atoms with Crippen LogP contribution in [0.4, 0.5) is 0 Å². The first kappa shape index (κ1) is 15.1. The number of aromatic nitrogens is 2. The van der Waals surface area contributed by atoms with Crippen molar-refractivity contribution in [1.29, 1.82) is 0 Å². The Kier molecular flexibility index (Phi) is 5.98. The first-order valence-corrected chi connectivity index (χ1v) is 9.02. The Morgan fingerprint density at radius 3 is 2.89 bits per heavy atom. The minimum absolute atomic E-state index is 0.448. The molecule has 1 saturated heterocycles. The van der Waals surface area contributed by atoms with E-state index in [9.17, 15) is 0 Å². The fourth-order valence-corrected chi connectivity index (χ4v) is 4.75. The van der Waals surface area contributed by atoms with Crippen molar-refractivity contribution in [1.82, 2.24) is 15.3 Å². The molecule has 5 heteroatoms. The molecule has 1 aliphatic rings. The third-order valence-electron chi connectivity index (χ3n) is 3.03. The first-order chi connectivity index (χ1) is 9.16. The zero-order valence-electron chi connectivity index (χ0n) is 11.9. The lowest BCUT2D eigenvalue weighted by molar-refractivity contribution is 0.546. The predicted molar refractivity (Wildman–Crippen MR) is 85.7 cm³/mol. The van der Waals surface area contributed by atoms with Gasteiger partial charge in [-0.15, -0.1) is 11.8 Å². The molecule has 0 radical (unpaired) electrons. The van der Waals surface area contributed by atoms with Crippen LogP contribution in [-0.4, -0.2) is 33.3 Å². The molecule has 1 aromatic heterocycles. The van der Waals surface area contributed by atoms with Crippen molar-refractivity contribution in [3.63, 3.8) is 0 Å². The van der Waals surface area contributed by atoms with Gasteiger partial charge in [0.15, 0.2) is 0 Å². The molecule has 106 valence electrons. The Bertz CT molecular complexity index is 398. The quantitative estimate of drug-likeness (QED) is 0.904. The highest BCUT2D eigenvalue weighted by Crippen LogP contribution is 2.40. The molecule has 2 heterocycles. The summed E-state index contributed by atoms with van der Waals surface area (Å²) in [6.45, 7) is 8.59. The van der Waals surface area contributed by atoms with E-state index in [1.54, 1.807) is 0 Å². The molecule has 1 aliphatic heterocycles. The van der Waals surface area contributed by atoms with Crippen molar-refractivity contribution >= 4 is 23.5 Å². The molecule has 2 atom stereocenters. The monoisotopic (exact) mass is 297 g/mol. The van der Waals surface area contributed by atoms with E-state index in [1.165, 1.54) is 11.5 Å². The van der Waals surface area contributed by atoms with Crippen LogP contribution >= 0.6 is 23.5 Å². The summed E-state index contributed by atoms with van der Waals surface area (Å²) in [7, 11) is 0. The number of hydrogen-bond donors (Lipinski definition) is 1. The van der Waals surface area contributed by atoms with Gasteiger partial charge in [0.25, 0.3) is 0 Å². The summed E-state index contributed by atoms with van der Waals surface area (Å²) in [5.41, 5.74) is 1.11. The van der Waals surface area contributed by atoms with Gasteiger partial charge in [0.1, 0.15) is 5.82 Å². The van der Waals surface area contributed by atoms with E-state index in [2.05, 4.69) is 31.1 Å². The van der Waals surface area contributed by atoms with Crippen molar-refractivity contribution in [2.75, 3.05) is 18.1 Å². The van der Waals surface area contributed by atoms with Gasteiger partial charge in [0.05, 0.1) is 10.9 Å². The second-order valence-corrected chi connectivity index (χ2v) is 8.03. The van der Waals surface area contributed by atoms with E-state index < -0.39 is 0 Å². The molecule has 0 bridgehead atoms. The molecular weight excluding hydrogens is 274 g/mol. The Labute approximate surface area is 124 Å². The van der Waals surface area contributed by atoms with Crippen LogP contribution in [0.15, 0.2) is 12.3 Å². The third-order valence-corrected chi connectivity index (χ3v) is 6.12. The van der Waals surface area contributed by atoms with Crippen molar-refractivity contribution in [2.45, 2.75) is 37.8 Å². The van der Waals surface area contributed by atoms with Gasteiger partial charge in [-0.05, 0) is 18.5 Å². The lowest BCUT2D eigenvalue weighted by Crippen LogP contribution is -2.22. The van der Waals surface area contributed by atoms with Gasteiger partial charge in [-0.25, -0.2) is 9.97 Å². The van der Waals surface area contributed by atoms with Crippen LogP contribution in [0.25, 0.3) is 0 Å². The standard InChI is InChI=1S/C14H23N3S2/c1-10(2)8-15-9-12-4-5-16-14(17-12)13-11(3)18-6-7-19-13/h4-5,10-11,13,15H,6-9H2,1-3H3. The van der Waals surface area contributed by atoms with Gasteiger partial charge >= 0.3 is 0 Å². The number of thioether (sulfide) groups is 2. The Morgan fingerprint density at radius 1 is 1.37 bits per heavy atom. The van der Waals surface area contributed by atoms with Crippen LogP contribution in [0.5, 0.6) is 0 Å². The highest BCUT2D eigenvalue weighted by Gasteiger charge is 2.26. The van der Waals surface area contributed by atoms with Gasteiger partial charge in [-0.3, -0.25) is 0 Å². The van der Waals surface area contributed by atoms with E-state index >= 15 is 0 Å². The average Bonchev–Trinajstić information content (AvgIpc) is 2.39. The van der Waals surface area contributed by atoms with Gasteiger partial charge < -0.3 is 5.32 Å². The zero-order chi connectivity index (χ0) is 13.7. The normalized spacial score (nSPS) is 23.8. The first-order valence-electron chi connectivity index (χ1n) is 6.92. The average molecular weight is 297 g/mol. The SMILES string of the molecule is CC(C)CNCc1ccnc(C2SCCSC2C)n1. The molecule has 0 amide bonds. The molecule has 0 spiro atoms. The molecule has 1 fully saturated rings. The molecule has 19 heavy (non-hydrogen) atoms. The van der Waals surface area contributed by atoms with E-state index in [1.807, 2.05) is 35.8 Å². The molecular formula is C14H23N3S2. The second-order valence-electron chi connectivity index (χ2n) is 5.30. The fraction of sp³-hybridized carbons (Fsp3) is 0.714. The van der Waals surface area contributed by atoms with Crippen molar-refractivity contribution in [3.05, 3.63) is 23.8 Å². The molecule has 0 aromatic carbocycles. The van der Waals surface area contributed by atoms with Crippen LogP contribution < -0.4 is 5.32 Å². The van der Waals surface area contributed by atoms with Gasteiger partial charge in [0.2, 0.25) is 0 Å². The Hall–Kier alpha value is -0.260. The minimum atomic E-state index is 0.448. The summed E-state index contributed by atoms with van der Waals surface area (Å²) < 4.78 is 0. The highest BCUT2D eigenvalue weighted by molar-refractivity contribution is 8.06. The van der Waals surface area contributed by atoms with Crippen LogP contribution in [0.1, 0.15) is 37.5 Å². The summed E-state index contributed by atoms with van der Waals surface area (Å²) in [5.74, 6) is 4.14. The van der Waals surface area contributed by atoms with Gasteiger partial charge in [-0.1, -0.05) is 20.8 Å². The van der Waals surface area contributed by atoms with E-state index in [4.69, 9.17) is 4.98 Å². The van der Waals surface area contributed by atoms with Crippen LogP contribution in [-0.2, 0) is 6.54 Å². The van der Waals surface area contributed by atoms with E-state index in [0.717, 1.165) is 24.6 Å². The van der Waals surface area contributed by atoms with Crippen LogP contribution in [0, 0.1) is 5.92 Å². The highest BCUT2D eigenvalue weighted by atomic mass is 32.2. The summed E-state index contributed by atoms with van der Waals surface area (Å²) in [5, 5.41) is 4.50. The third kappa shape index (κ3) is 4.65. The predicted octanol–water partition coefficient (Wildman–Crippen LogP) is 3.13. The lowest BCUT2D eigenvalue weighted by atomic mass is 10.2. The smallest absolute Gasteiger partial charge is 0.142 e. The lowest BCUT2D eigenvalue weighted by Gasteiger charge is -2.26. The topological polar surface area (TPSA) is 37.8 Å². The second kappa shape index (κ2) is 7.50. The Morgan fingerprint density at radius 2 is 2.16 bits per heavy atom. The van der Waals surface area contributed by atoms with Crippen LogP contribution in [0.2, 0.25) is 0 Å². The van der Waals surface area contributed by atoms with Crippen molar-refractivity contribution < 1.29 is 0 Å². The molecule has 1 aromatic rings. The minimum Gasteiger partial charge on any atom is -0.311 e. The van der Waals surface area contributed by atoms with Crippen LogP contribution in [0.3, 0.4) is 0 Å². The van der Waals surface area contributed by atoms with Crippen molar-refractivity contribution in [2.24, 2.45) is 5.92 Å². The van der Waals surface area contributed by atoms with Gasteiger partial charge in [0, 0.05) is 29.5 Å². The summed E-state index contributed by atoms with van der Waals surface area (Å²) in [4.78, 5) is 9.22. The molecule has 0 saturated carbocycles. The zero-order valence-corrected chi connectivity index (χ0v) is 13.6. The maximum Gasteiger partial charge on any atom is 0.142 e. The summed E-state index contributed by atoms with van der Waals surface area (Å²) in [6.07, 6.45) is 1.90. The van der Waals surface area contributed by atoms with E-state index in [-0.39, 0.29) is 0 Å². The molecule has 2 rings (SSSR count). The number of hydrogen-bond acceptors (Lipinski definition) is 5. The largest absolute Gasteiger partial charge is 0.311 e. The van der Waals surface area contributed by atoms with E-state index in [0.29, 0.717) is 16.4 Å². The maximum absolute atomic E-state index is 4.74. The van der Waals surface area contributed by atoms with Crippen molar-refractivity contribution in [3.8, 4) is 0 Å².